The topological polar surface area (TPSA) is 45.2 Å². The Labute approximate surface area is 190 Å². The molecular formula is C26H24FN3OS. The van der Waals surface area contributed by atoms with E-state index in [4.69, 9.17) is 4.98 Å². The first-order valence-electron chi connectivity index (χ1n) is 10.9. The minimum Gasteiger partial charge on any atom is -0.324 e. The first kappa shape index (κ1) is 20.8. The van der Waals surface area contributed by atoms with Gasteiger partial charge in [-0.25, -0.2) is 9.37 Å². The second kappa shape index (κ2) is 9.18. The molecule has 1 aliphatic rings. The van der Waals surface area contributed by atoms with Crippen LogP contribution >= 0.6 is 11.3 Å². The zero-order valence-electron chi connectivity index (χ0n) is 17.6. The van der Waals surface area contributed by atoms with Crippen molar-refractivity contribution in [3.63, 3.8) is 0 Å². The number of amides is 1. The summed E-state index contributed by atoms with van der Waals surface area (Å²) in [5.74, 6) is 0.000932. The highest BCUT2D eigenvalue weighted by atomic mass is 32.1. The first-order valence-corrected chi connectivity index (χ1v) is 11.7. The van der Waals surface area contributed by atoms with E-state index in [1.807, 2.05) is 36.4 Å². The molecule has 0 unspecified atom stereocenters. The predicted octanol–water partition coefficient (Wildman–Crippen LogP) is 5.99. The summed E-state index contributed by atoms with van der Waals surface area (Å²) >= 11 is 1.78. The van der Waals surface area contributed by atoms with Gasteiger partial charge in [-0.3, -0.25) is 9.69 Å². The van der Waals surface area contributed by atoms with Gasteiger partial charge < -0.3 is 5.32 Å². The molecule has 3 aromatic carbocycles. The van der Waals surface area contributed by atoms with Crippen LogP contribution in [-0.4, -0.2) is 28.9 Å². The average molecular weight is 446 g/mol. The molecule has 4 nitrogen and oxygen atoms in total. The number of carbonyl (C=O) groups excluding carboxylic acids is 1. The SMILES string of the molecule is O=C(Nc1ccc(F)cc1)[C@@H](c1ccccc1)N1CCC(c2nc3ccccc3s2)CC1. The Kier molecular flexibility index (Phi) is 5.97. The molecule has 32 heavy (non-hydrogen) atoms. The average Bonchev–Trinajstić information content (AvgIpc) is 3.26. The van der Waals surface area contributed by atoms with E-state index < -0.39 is 6.04 Å². The highest BCUT2D eigenvalue weighted by Crippen LogP contribution is 2.36. The Morgan fingerprint density at radius 2 is 1.66 bits per heavy atom. The minimum atomic E-state index is -0.391. The molecular weight excluding hydrogens is 421 g/mol. The largest absolute Gasteiger partial charge is 0.324 e. The number of piperidine rings is 1. The zero-order chi connectivity index (χ0) is 21.9. The van der Waals surface area contributed by atoms with Crippen LogP contribution in [0.5, 0.6) is 0 Å². The van der Waals surface area contributed by atoms with Gasteiger partial charge in [0.25, 0.3) is 0 Å². The van der Waals surface area contributed by atoms with Gasteiger partial charge in [-0.15, -0.1) is 11.3 Å². The zero-order valence-corrected chi connectivity index (χ0v) is 18.4. The van der Waals surface area contributed by atoms with Crippen molar-refractivity contribution in [2.45, 2.75) is 24.8 Å². The highest BCUT2D eigenvalue weighted by molar-refractivity contribution is 7.18. The molecule has 1 amide bonds. The number of anilines is 1. The molecule has 0 spiro atoms. The molecule has 5 rings (SSSR count). The summed E-state index contributed by atoms with van der Waals surface area (Å²) < 4.78 is 14.5. The number of para-hydroxylation sites is 1. The van der Waals surface area contributed by atoms with Gasteiger partial charge in [0.15, 0.2) is 0 Å². The third-order valence-electron chi connectivity index (χ3n) is 6.03. The lowest BCUT2D eigenvalue weighted by Gasteiger charge is -2.36. The van der Waals surface area contributed by atoms with Gasteiger partial charge in [0.05, 0.1) is 15.2 Å². The van der Waals surface area contributed by atoms with E-state index in [2.05, 4.69) is 28.4 Å². The number of rotatable bonds is 5. The molecule has 0 saturated carbocycles. The highest BCUT2D eigenvalue weighted by Gasteiger charge is 2.32. The van der Waals surface area contributed by atoms with E-state index in [9.17, 15) is 9.18 Å². The van der Waals surface area contributed by atoms with Crippen LogP contribution < -0.4 is 5.32 Å². The number of hydrogen-bond donors (Lipinski definition) is 1. The van der Waals surface area contributed by atoms with Crippen molar-refractivity contribution in [3.8, 4) is 0 Å². The second-order valence-corrected chi connectivity index (χ2v) is 9.20. The van der Waals surface area contributed by atoms with Crippen LogP contribution in [0.3, 0.4) is 0 Å². The molecule has 6 heteroatoms. The fourth-order valence-electron chi connectivity index (χ4n) is 4.38. The number of carbonyl (C=O) groups is 1. The van der Waals surface area contributed by atoms with E-state index in [0.717, 1.165) is 37.0 Å². The Hall–Kier alpha value is -3.09. The van der Waals surface area contributed by atoms with E-state index in [1.165, 1.54) is 21.8 Å². The summed E-state index contributed by atoms with van der Waals surface area (Å²) in [6.45, 7) is 1.63. The van der Waals surface area contributed by atoms with Crippen molar-refractivity contribution in [1.82, 2.24) is 9.88 Å². The molecule has 162 valence electrons. The lowest BCUT2D eigenvalue weighted by Crippen LogP contribution is -2.41. The third kappa shape index (κ3) is 4.42. The maximum atomic E-state index is 13.3. The number of hydrogen-bond acceptors (Lipinski definition) is 4. The molecule has 2 heterocycles. The molecule has 0 radical (unpaired) electrons. The first-order chi connectivity index (χ1) is 15.7. The lowest BCUT2D eigenvalue weighted by molar-refractivity contribution is -0.122. The lowest BCUT2D eigenvalue weighted by atomic mass is 9.94. The molecule has 1 aromatic heterocycles. The monoisotopic (exact) mass is 445 g/mol. The number of nitrogens with one attached hydrogen (secondary N) is 1. The number of fused-ring (bicyclic) bond motifs is 1. The molecule has 1 fully saturated rings. The molecule has 1 N–H and O–H groups in total. The summed E-state index contributed by atoms with van der Waals surface area (Å²) in [6.07, 6.45) is 1.93. The van der Waals surface area contributed by atoms with Crippen LogP contribution in [0, 0.1) is 5.82 Å². The van der Waals surface area contributed by atoms with Crippen LogP contribution in [0.15, 0.2) is 78.9 Å². The van der Waals surface area contributed by atoms with Gasteiger partial charge in [0.1, 0.15) is 11.9 Å². The van der Waals surface area contributed by atoms with E-state index in [1.54, 1.807) is 23.5 Å². The van der Waals surface area contributed by atoms with Gasteiger partial charge in [-0.1, -0.05) is 42.5 Å². The van der Waals surface area contributed by atoms with Crippen LogP contribution in [0.4, 0.5) is 10.1 Å². The standard InChI is InChI=1S/C26H24FN3OS/c27-20-10-12-21(13-11-20)28-25(31)24(18-6-2-1-3-7-18)30-16-14-19(15-17-30)26-29-22-8-4-5-9-23(22)32-26/h1-13,19,24H,14-17H2,(H,28,31)/t24-/m1/s1. The Morgan fingerprint density at radius 3 is 2.38 bits per heavy atom. The Bertz CT molecular complexity index is 1170. The van der Waals surface area contributed by atoms with Gasteiger partial charge in [-0.05, 0) is 67.9 Å². The smallest absolute Gasteiger partial charge is 0.246 e. The summed E-state index contributed by atoms with van der Waals surface area (Å²) in [7, 11) is 0. The number of aromatic nitrogens is 1. The van der Waals surface area contributed by atoms with Gasteiger partial charge in [0.2, 0.25) is 5.91 Å². The van der Waals surface area contributed by atoms with E-state index in [0.29, 0.717) is 11.6 Å². The number of likely N-dealkylation sites (tertiary alicyclic amines) is 1. The van der Waals surface area contributed by atoms with Crippen molar-refractivity contribution in [2.75, 3.05) is 18.4 Å². The fourth-order valence-corrected chi connectivity index (χ4v) is 5.51. The van der Waals surface area contributed by atoms with E-state index >= 15 is 0 Å². The van der Waals surface area contributed by atoms with Crippen LogP contribution in [-0.2, 0) is 4.79 Å². The fraction of sp³-hybridized carbons (Fsp3) is 0.231. The number of halogens is 1. The molecule has 4 aromatic rings. The molecule has 0 aliphatic carbocycles. The number of nitrogens with zero attached hydrogens (tertiary/aromatic N) is 2. The molecule has 1 aliphatic heterocycles. The maximum absolute atomic E-state index is 13.3. The van der Waals surface area contributed by atoms with Crippen molar-refractivity contribution in [3.05, 3.63) is 95.3 Å². The van der Waals surface area contributed by atoms with Crippen molar-refractivity contribution in [1.29, 1.82) is 0 Å². The van der Waals surface area contributed by atoms with Crippen molar-refractivity contribution < 1.29 is 9.18 Å². The quantitative estimate of drug-likeness (QED) is 0.410. The number of thiazole rings is 1. The maximum Gasteiger partial charge on any atom is 0.246 e. The van der Waals surface area contributed by atoms with Gasteiger partial charge in [0, 0.05) is 11.6 Å². The summed E-state index contributed by atoms with van der Waals surface area (Å²) in [5.41, 5.74) is 2.63. The summed E-state index contributed by atoms with van der Waals surface area (Å²) in [4.78, 5) is 20.4. The molecule has 0 bridgehead atoms. The van der Waals surface area contributed by atoms with Crippen molar-refractivity contribution >= 4 is 33.1 Å². The second-order valence-electron chi connectivity index (χ2n) is 8.14. The normalized spacial score (nSPS) is 16.2. The van der Waals surface area contributed by atoms with Crippen molar-refractivity contribution in [2.24, 2.45) is 0 Å². The van der Waals surface area contributed by atoms with Crippen LogP contribution in [0.1, 0.15) is 35.4 Å². The summed E-state index contributed by atoms with van der Waals surface area (Å²) in [5, 5.41) is 4.16. The molecule has 1 atom stereocenters. The number of benzene rings is 3. The van der Waals surface area contributed by atoms with Crippen LogP contribution in [0.2, 0.25) is 0 Å². The van der Waals surface area contributed by atoms with Gasteiger partial charge >= 0.3 is 0 Å². The minimum absolute atomic E-state index is 0.0961. The molecule has 1 saturated heterocycles. The Morgan fingerprint density at radius 1 is 0.969 bits per heavy atom. The van der Waals surface area contributed by atoms with E-state index in [-0.39, 0.29) is 11.7 Å². The third-order valence-corrected chi connectivity index (χ3v) is 7.23. The van der Waals surface area contributed by atoms with Crippen LogP contribution in [0.25, 0.3) is 10.2 Å². The predicted molar refractivity (Wildman–Crippen MR) is 127 cm³/mol. The Balaban J connectivity index is 1.33. The van der Waals surface area contributed by atoms with Gasteiger partial charge in [-0.2, -0.15) is 0 Å². The summed E-state index contributed by atoms with van der Waals surface area (Å²) in [6, 6.07) is 23.6.